The maximum atomic E-state index is 12.7. The van der Waals surface area contributed by atoms with E-state index in [4.69, 9.17) is 4.42 Å². The van der Waals surface area contributed by atoms with Crippen LogP contribution in [0.2, 0.25) is 0 Å². The molecule has 2 N–H and O–H groups in total. The molecule has 0 bridgehead atoms. The van der Waals surface area contributed by atoms with E-state index in [-0.39, 0.29) is 17.0 Å². The number of anilines is 1. The smallest absolute Gasteiger partial charge is 0.337 e. The number of para-hydroxylation sites is 1. The Hall–Kier alpha value is -3.17. The van der Waals surface area contributed by atoms with E-state index >= 15 is 0 Å². The molecule has 1 heterocycles. The maximum Gasteiger partial charge on any atom is 0.337 e. The van der Waals surface area contributed by atoms with Crippen LogP contribution >= 0.6 is 8.86 Å². The molecule has 5 nitrogen and oxygen atoms in total. The van der Waals surface area contributed by atoms with Gasteiger partial charge in [-0.05, 0) is 50.3 Å². The topological polar surface area (TPSA) is 79.5 Å². The van der Waals surface area contributed by atoms with Crippen LogP contribution in [0.1, 0.15) is 47.1 Å². The van der Waals surface area contributed by atoms with Gasteiger partial charge < -0.3 is 14.8 Å². The molecule has 0 amide bonds. The van der Waals surface area contributed by atoms with Crippen molar-refractivity contribution in [2.24, 2.45) is 0 Å². The summed E-state index contributed by atoms with van der Waals surface area (Å²) in [6, 6.07) is 11.7. The van der Waals surface area contributed by atoms with Crippen LogP contribution in [-0.4, -0.2) is 16.9 Å². The van der Waals surface area contributed by atoms with Crippen LogP contribution in [0.5, 0.6) is 0 Å². The normalized spacial score (nSPS) is 12.6. The Labute approximate surface area is 170 Å². The number of hydrogen-bond acceptors (Lipinski definition) is 4. The minimum absolute atomic E-state index is 0.128. The molecule has 6 heteroatoms. The largest absolute Gasteiger partial charge is 0.478 e. The summed E-state index contributed by atoms with van der Waals surface area (Å²) in [5, 5.41) is 13.2. The van der Waals surface area contributed by atoms with E-state index in [1.54, 1.807) is 36.1 Å². The van der Waals surface area contributed by atoms with Gasteiger partial charge in [0, 0.05) is 22.9 Å². The SMILES string of the molecule is C/C=C(\C=P)c1cc(=O)c2cc(C)cc(C(C)Nc3ccccc3C(=O)O)c2o1. The second-order valence-electron chi connectivity index (χ2n) is 6.81. The van der Waals surface area contributed by atoms with Gasteiger partial charge in [-0.3, -0.25) is 4.79 Å². The molecule has 0 aliphatic heterocycles. The lowest BCUT2D eigenvalue weighted by Gasteiger charge is -2.19. The highest BCUT2D eigenvalue weighted by Gasteiger charge is 2.18. The first-order chi connectivity index (χ1) is 13.8. The summed E-state index contributed by atoms with van der Waals surface area (Å²) >= 11 is 0. The molecule has 0 saturated carbocycles. The fraction of sp³-hybridized carbons (Fsp3) is 0.174. The number of carboxylic acid groups (broad SMARTS) is 1. The number of hydrogen-bond donors (Lipinski definition) is 2. The van der Waals surface area contributed by atoms with Gasteiger partial charge in [0.25, 0.3) is 0 Å². The standard InChI is InChI=1S/C23H22NO4P/c1-4-15(12-29)21-11-20(25)18-10-13(2)9-17(22(18)28-21)14(3)24-19-8-6-5-7-16(19)23(26)27/h4-12,14,24,29H,1-3H3,(H,26,27)/b15-4+. The molecule has 3 aromatic rings. The van der Waals surface area contributed by atoms with Gasteiger partial charge in [-0.2, -0.15) is 0 Å². The first kappa shape index (κ1) is 20.6. The Morgan fingerprint density at radius 2 is 1.97 bits per heavy atom. The number of aromatic carboxylic acids is 1. The Balaban J connectivity index is 2.17. The van der Waals surface area contributed by atoms with Gasteiger partial charge in [-0.15, -0.1) is 8.86 Å². The molecule has 1 atom stereocenters. The van der Waals surface area contributed by atoms with Gasteiger partial charge in [0.1, 0.15) is 11.3 Å². The Kier molecular flexibility index (Phi) is 6.00. The van der Waals surface area contributed by atoms with E-state index < -0.39 is 5.97 Å². The van der Waals surface area contributed by atoms with Gasteiger partial charge in [0.2, 0.25) is 0 Å². The number of fused-ring (bicyclic) bond motifs is 1. The number of allylic oxidation sites excluding steroid dienone is 2. The number of carboxylic acids is 1. The highest BCUT2D eigenvalue weighted by molar-refractivity contribution is 7.20. The van der Waals surface area contributed by atoms with Gasteiger partial charge in [-0.25, -0.2) is 4.79 Å². The summed E-state index contributed by atoms with van der Waals surface area (Å²) in [4.78, 5) is 24.3. The number of benzene rings is 2. The Bertz CT molecular complexity index is 1190. The lowest BCUT2D eigenvalue weighted by molar-refractivity contribution is 0.0698. The molecule has 0 aliphatic carbocycles. The van der Waals surface area contributed by atoms with E-state index in [0.717, 1.165) is 16.7 Å². The maximum absolute atomic E-state index is 12.7. The molecule has 0 saturated heterocycles. The summed E-state index contributed by atoms with van der Waals surface area (Å²) in [5.41, 5.74) is 3.50. The van der Waals surface area contributed by atoms with Crippen LogP contribution in [0.15, 0.2) is 57.8 Å². The van der Waals surface area contributed by atoms with Crippen LogP contribution in [0, 0.1) is 6.92 Å². The molecule has 1 unspecified atom stereocenters. The highest BCUT2D eigenvalue weighted by atomic mass is 31.0. The monoisotopic (exact) mass is 407 g/mol. The minimum atomic E-state index is -1.01. The first-order valence-electron chi connectivity index (χ1n) is 9.20. The van der Waals surface area contributed by atoms with Crippen LogP contribution in [0.4, 0.5) is 5.69 Å². The summed E-state index contributed by atoms with van der Waals surface area (Å²) in [7, 11) is 3.36. The van der Waals surface area contributed by atoms with Gasteiger partial charge >= 0.3 is 5.97 Å². The van der Waals surface area contributed by atoms with Crippen LogP contribution in [0.25, 0.3) is 16.5 Å². The fourth-order valence-electron chi connectivity index (χ4n) is 3.30. The Morgan fingerprint density at radius 3 is 2.62 bits per heavy atom. The summed E-state index contributed by atoms with van der Waals surface area (Å²) < 4.78 is 6.12. The number of carbonyl (C=O) groups is 1. The highest BCUT2D eigenvalue weighted by Crippen LogP contribution is 2.30. The summed E-state index contributed by atoms with van der Waals surface area (Å²) in [6.45, 7) is 5.68. The van der Waals surface area contributed by atoms with Crippen molar-refractivity contribution >= 4 is 42.9 Å². The second kappa shape index (κ2) is 8.46. The van der Waals surface area contributed by atoms with E-state index in [9.17, 15) is 14.7 Å². The Morgan fingerprint density at radius 1 is 1.24 bits per heavy atom. The molecule has 0 spiro atoms. The molecule has 2 aromatic carbocycles. The molecule has 0 radical (unpaired) electrons. The number of aryl methyl sites for hydroxylation is 1. The van der Waals surface area contributed by atoms with Crippen molar-refractivity contribution in [2.45, 2.75) is 26.8 Å². The third-order valence-corrected chi connectivity index (χ3v) is 5.06. The molecule has 0 fully saturated rings. The zero-order valence-electron chi connectivity index (χ0n) is 16.4. The molecule has 1 aromatic heterocycles. The van der Waals surface area contributed by atoms with Crippen molar-refractivity contribution < 1.29 is 14.3 Å². The zero-order valence-corrected chi connectivity index (χ0v) is 17.4. The van der Waals surface area contributed by atoms with Crippen LogP contribution in [0.3, 0.4) is 0 Å². The van der Waals surface area contributed by atoms with Crippen LogP contribution in [-0.2, 0) is 0 Å². The molecular weight excluding hydrogens is 385 g/mol. The van der Waals surface area contributed by atoms with Crippen molar-refractivity contribution in [3.8, 4) is 0 Å². The van der Waals surface area contributed by atoms with Crippen molar-refractivity contribution in [3.63, 3.8) is 0 Å². The quantitative estimate of drug-likeness (QED) is 0.541. The zero-order chi connectivity index (χ0) is 21.1. The average Bonchev–Trinajstić information content (AvgIpc) is 2.69. The van der Waals surface area contributed by atoms with E-state index in [2.05, 4.69) is 14.2 Å². The second-order valence-corrected chi connectivity index (χ2v) is 7.10. The van der Waals surface area contributed by atoms with Crippen molar-refractivity contribution in [2.75, 3.05) is 5.32 Å². The fourth-order valence-corrected chi connectivity index (χ4v) is 3.61. The van der Waals surface area contributed by atoms with E-state index in [1.165, 1.54) is 6.07 Å². The molecule has 3 rings (SSSR count). The summed E-state index contributed by atoms with van der Waals surface area (Å²) in [5.74, 6) is 1.15. The predicted octanol–water partition coefficient (Wildman–Crippen LogP) is 5.32. The average molecular weight is 407 g/mol. The van der Waals surface area contributed by atoms with Crippen molar-refractivity contribution in [1.29, 1.82) is 0 Å². The predicted molar refractivity (Wildman–Crippen MR) is 121 cm³/mol. The lowest BCUT2D eigenvalue weighted by atomic mass is 10.00. The number of nitrogens with one attached hydrogen (secondary N) is 1. The van der Waals surface area contributed by atoms with Gasteiger partial charge in [0.15, 0.2) is 5.43 Å². The molecule has 29 heavy (non-hydrogen) atoms. The lowest BCUT2D eigenvalue weighted by Crippen LogP contribution is -2.13. The number of rotatable bonds is 6. The van der Waals surface area contributed by atoms with Crippen molar-refractivity contribution in [1.82, 2.24) is 0 Å². The van der Waals surface area contributed by atoms with Gasteiger partial charge in [-0.1, -0.05) is 24.3 Å². The van der Waals surface area contributed by atoms with E-state index in [1.807, 2.05) is 32.9 Å². The molecule has 148 valence electrons. The molecular formula is C23H22NO4P. The first-order valence-corrected chi connectivity index (χ1v) is 9.77. The van der Waals surface area contributed by atoms with Gasteiger partial charge in [0.05, 0.1) is 17.0 Å². The van der Waals surface area contributed by atoms with Crippen molar-refractivity contribution in [3.05, 3.63) is 81.2 Å². The van der Waals surface area contributed by atoms with Crippen LogP contribution < -0.4 is 10.7 Å². The third kappa shape index (κ3) is 4.15. The van der Waals surface area contributed by atoms with E-state index in [0.29, 0.717) is 22.4 Å². The minimum Gasteiger partial charge on any atom is -0.478 e. The summed E-state index contributed by atoms with van der Waals surface area (Å²) in [6.07, 6.45) is 1.84. The molecule has 0 aliphatic rings. The third-order valence-electron chi connectivity index (χ3n) is 4.75.